The molecule has 0 aliphatic carbocycles. The van der Waals surface area contributed by atoms with Crippen LogP contribution in [0.25, 0.3) is 5.57 Å². The Balaban J connectivity index is 2.51. The van der Waals surface area contributed by atoms with E-state index in [1.54, 1.807) is 6.08 Å². The highest BCUT2D eigenvalue weighted by atomic mass is 32.1. The highest BCUT2D eigenvalue weighted by Gasteiger charge is 2.13. The molecular weight excluding hydrogens is 282 g/mol. The maximum atomic E-state index is 9.33. The molecule has 0 aliphatic rings. The maximum Gasteiger partial charge on any atom is 0.117 e. The molecule has 21 heavy (non-hydrogen) atoms. The highest BCUT2D eigenvalue weighted by molar-refractivity contribution is 7.80. The molecule has 0 unspecified atom stereocenters. The smallest absolute Gasteiger partial charge is 0.117 e. The molecule has 4 heteroatoms. The van der Waals surface area contributed by atoms with Gasteiger partial charge in [0.2, 0.25) is 0 Å². The zero-order valence-corrected chi connectivity index (χ0v) is 12.6. The first-order chi connectivity index (χ1) is 10.3. The van der Waals surface area contributed by atoms with Crippen LogP contribution in [0.5, 0.6) is 0 Å². The van der Waals surface area contributed by atoms with Crippen molar-refractivity contribution in [3.63, 3.8) is 0 Å². The van der Waals surface area contributed by atoms with E-state index >= 15 is 0 Å². The Labute approximate surface area is 130 Å². The lowest BCUT2D eigenvalue weighted by Crippen LogP contribution is -2.06. The molecule has 108 valence electrons. The molecule has 0 fully saturated rings. The van der Waals surface area contributed by atoms with E-state index in [-0.39, 0.29) is 6.61 Å². The van der Waals surface area contributed by atoms with Crippen molar-refractivity contribution in [1.29, 1.82) is 0 Å². The monoisotopic (exact) mass is 299 g/mol. The van der Waals surface area contributed by atoms with Gasteiger partial charge in [-0.3, -0.25) is 0 Å². The third kappa shape index (κ3) is 3.97. The van der Waals surface area contributed by atoms with Crippen LogP contribution in [0.2, 0.25) is 0 Å². The van der Waals surface area contributed by atoms with Gasteiger partial charge in [-0.1, -0.05) is 47.6 Å². The minimum atomic E-state index is -0.0759. The van der Waals surface area contributed by atoms with Crippen molar-refractivity contribution in [2.24, 2.45) is 5.16 Å². The van der Waals surface area contributed by atoms with Crippen LogP contribution in [0.4, 0.5) is 0 Å². The molecule has 0 atom stereocenters. The molecule has 0 amide bonds. The van der Waals surface area contributed by atoms with Crippen LogP contribution in [0, 0.1) is 0 Å². The van der Waals surface area contributed by atoms with Gasteiger partial charge in [-0.15, -0.1) is 12.6 Å². The average molecular weight is 299 g/mol. The Kier molecular flexibility index (Phi) is 5.60. The summed E-state index contributed by atoms with van der Waals surface area (Å²) in [6, 6.07) is 17.4. The van der Waals surface area contributed by atoms with E-state index in [1.807, 2.05) is 54.6 Å². The van der Waals surface area contributed by atoms with E-state index in [1.165, 1.54) is 7.11 Å². The number of oxime groups is 1. The Morgan fingerprint density at radius 3 is 2.33 bits per heavy atom. The fraction of sp³-hybridized carbons (Fsp3) is 0.118. The first kappa shape index (κ1) is 15.4. The second-order valence-electron chi connectivity index (χ2n) is 4.34. The molecule has 0 aromatic heterocycles. The average Bonchev–Trinajstić information content (AvgIpc) is 2.53. The summed E-state index contributed by atoms with van der Waals surface area (Å²) in [7, 11) is 1.51. The second kappa shape index (κ2) is 7.67. The van der Waals surface area contributed by atoms with Crippen molar-refractivity contribution in [2.75, 3.05) is 13.7 Å². The van der Waals surface area contributed by atoms with Crippen molar-refractivity contribution in [3.8, 4) is 0 Å². The van der Waals surface area contributed by atoms with Crippen LogP contribution in [0.1, 0.15) is 11.1 Å². The molecule has 0 aliphatic heterocycles. The number of benzene rings is 2. The van der Waals surface area contributed by atoms with Gasteiger partial charge in [0.1, 0.15) is 12.8 Å². The third-order valence-electron chi connectivity index (χ3n) is 2.96. The van der Waals surface area contributed by atoms with E-state index in [0.717, 1.165) is 21.6 Å². The van der Waals surface area contributed by atoms with Gasteiger partial charge in [0, 0.05) is 16.0 Å². The predicted molar refractivity (Wildman–Crippen MR) is 88.7 cm³/mol. The molecular formula is C17H17NO2S. The second-order valence-corrected chi connectivity index (χ2v) is 4.85. The molecule has 0 saturated carbocycles. The standard InChI is InChI=1S/C17H17NO2S/c1-20-18-17(14-5-3-2-4-6-14)16(11-12-19)13-7-9-15(21)10-8-13/h2-11,19,21H,12H2,1H3/b16-11+,18-17-. The molecule has 3 nitrogen and oxygen atoms in total. The van der Waals surface area contributed by atoms with Gasteiger partial charge in [0.25, 0.3) is 0 Å². The summed E-state index contributed by atoms with van der Waals surface area (Å²) in [6.45, 7) is -0.0759. The fourth-order valence-corrected chi connectivity index (χ4v) is 2.18. The first-order valence-corrected chi connectivity index (χ1v) is 6.98. The largest absolute Gasteiger partial charge is 0.399 e. The number of aliphatic hydroxyl groups is 1. The summed E-state index contributed by atoms with van der Waals surface area (Å²) in [5.41, 5.74) is 3.37. The number of aliphatic hydroxyl groups excluding tert-OH is 1. The molecule has 2 aromatic rings. The predicted octanol–water partition coefficient (Wildman–Crippen LogP) is 3.40. The summed E-state index contributed by atoms with van der Waals surface area (Å²) in [4.78, 5) is 5.86. The Bertz CT molecular complexity index is 634. The van der Waals surface area contributed by atoms with Crippen molar-refractivity contribution in [2.45, 2.75) is 4.90 Å². The molecule has 2 aromatic carbocycles. The van der Waals surface area contributed by atoms with Gasteiger partial charge >= 0.3 is 0 Å². The summed E-state index contributed by atoms with van der Waals surface area (Å²) in [5, 5.41) is 13.5. The molecule has 0 bridgehead atoms. The molecule has 0 spiro atoms. The van der Waals surface area contributed by atoms with Gasteiger partial charge in [-0.2, -0.15) is 0 Å². The van der Waals surface area contributed by atoms with Crippen LogP contribution in [0.3, 0.4) is 0 Å². The zero-order valence-electron chi connectivity index (χ0n) is 11.7. The highest BCUT2D eigenvalue weighted by Crippen LogP contribution is 2.22. The number of thiol groups is 1. The number of hydrogen-bond acceptors (Lipinski definition) is 4. The summed E-state index contributed by atoms with van der Waals surface area (Å²) in [5.74, 6) is 0. The fourth-order valence-electron chi connectivity index (χ4n) is 2.03. The van der Waals surface area contributed by atoms with E-state index in [4.69, 9.17) is 4.84 Å². The maximum absolute atomic E-state index is 9.33. The van der Waals surface area contributed by atoms with Crippen LogP contribution in [0.15, 0.2) is 70.7 Å². The molecule has 0 saturated heterocycles. The summed E-state index contributed by atoms with van der Waals surface area (Å²) < 4.78 is 0. The van der Waals surface area contributed by atoms with Crippen molar-refractivity contribution < 1.29 is 9.94 Å². The topological polar surface area (TPSA) is 41.8 Å². The van der Waals surface area contributed by atoms with Gasteiger partial charge in [0.05, 0.1) is 6.61 Å². The van der Waals surface area contributed by atoms with Crippen LogP contribution in [-0.4, -0.2) is 24.5 Å². The molecule has 1 N–H and O–H groups in total. The Morgan fingerprint density at radius 1 is 1.10 bits per heavy atom. The number of nitrogens with zero attached hydrogens (tertiary/aromatic N) is 1. The Hall–Kier alpha value is -2.04. The van der Waals surface area contributed by atoms with Crippen molar-refractivity contribution >= 4 is 23.9 Å². The van der Waals surface area contributed by atoms with E-state index in [2.05, 4.69) is 17.8 Å². The SMILES string of the molecule is CO/N=C(\C(=C\CO)c1ccc(S)cc1)c1ccccc1. The quantitative estimate of drug-likeness (QED) is 0.505. The van der Waals surface area contributed by atoms with Gasteiger partial charge < -0.3 is 9.94 Å². The van der Waals surface area contributed by atoms with E-state index in [0.29, 0.717) is 5.71 Å². The van der Waals surface area contributed by atoms with E-state index < -0.39 is 0 Å². The molecule has 2 rings (SSSR count). The van der Waals surface area contributed by atoms with Crippen LogP contribution in [-0.2, 0) is 4.84 Å². The lowest BCUT2D eigenvalue weighted by atomic mass is 9.96. The van der Waals surface area contributed by atoms with Crippen molar-refractivity contribution in [1.82, 2.24) is 0 Å². The first-order valence-electron chi connectivity index (χ1n) is 6.53. The molecule has 0 heterocycles. The lowest BCUT2D eigenvalue weighted by Gasteiger charge is -2.11. The van der Waals surface area contributed by atoms with Crippen LogP contribution >= 0.6 is 12.6 Å². The van der Waals surface area contributed by atoms with Gasteiger partial charge in [-0.05, 0) is 23.8 Å². The Morgan fingerprint density at radius 2 is 1.76 bits per heavy atom. The van der Waals surface area contributed by atoms with Crippen molar-refractivity contribution in [3.05, 3.63) is 71.8 Å². The summed E-state index contributed by atoms with van der Waals surface area (Å²) in [6.07, 6.45) is 1.72. The van der Waals surface area contributed by atoms with E-state index in [9.17, 15) is 5.11 Å². The minimum absolute atomic E-state index is 0.0759. The number of hydrogen-bond donors (Lipinski definition) is 2. The normalized spacial score (nSPS) is 12.3. The van der Waals surface area contributed by atoms with Gasteiger partial charge in [0.15, 0.2) is 0 Å². The summed E-state index contributed by atoms with van der Waals surface area (Å²) >= 11 is 4.29. The molecule has 0 radical (unpaired) electrons. The lowest BCUT2D eigenvalue weighted by molar-refractivity contribution is 0.214. The van der Waals surface area contributed by atoms with Gasteiger partial charge in [-0.25, -0.2) is 0 Å². The number of allylic oxidation sites excluding steroid dienone is 1. The van der Waals surface area contributed by atoms with Crippen LogP contribution < -0.4 is 0 Å². The zero-order chi connectivity index (χ0) is 15.1. The number of rotatable bonds is 5. The third-order valence-corrected chi connectivity index (χ3v) is 3.26. The minimum Gasteiger partial charge on any atom is -0.399 e.